The van der Waals surface area contributed by atoms with Crippen LogP contribution in [0, 0.1) is 6.92 Å². The number of aliphatic hydroxyl groups is 1. The first-order valence-corrected chi connectivity index (χ1v) is 12.9. The summed E-state index contributed by atoms with van der Waals surface area (Å²) < 4.78 is 35.3. The predicted molar refractivity (Wildman–Crippen MR) is 145 cm³/mol. The lowest BCUT2D eigenvalue weighted by atomic mass is 10.0. The highest BCUT2D eigenvalue weighted by Gasteiger charge is 2.38. The average Bonchev–Trinajstić information content (AvgIpc) is 3.51. The minimum Gasteiger partial charge on any atom is -0.475 e. The number of imidazole rings is 1. The molecule has 15 heteroatoms. The van der Waals surface area contributed by atoms with Crippen molar-refractivity contribution >= 4 is 39.9 Å². The number of alkyl halides is 3. The van der Waals surface area contributed by atoms with Crippen molar-refractivity contribution < 1.29 is 33.0 Å². The number of halogens is 3. The van der Waals surface area contributed by atoms with Crippen LogP contribution in [0.1, 0.15) is 41.5 Å². The molecule has 0 saturated carbocycles. The number of aromatic nitrogens is 5. The van der Waals surface area contributed by atoms with Gasteiger partial charge in [-0.2, -0.15) is 18.3 Å². The van der Waals surface area contributed by atoms with Crippen LogP contribution >= 0.6 is 0 Å². The number of rotatable bonds is 6. The number of nitrogens with one attached hydrogen (secondary N) is 2. The third-order valence-corrected chi connectivity index (χ3v) is 6.64. The van der Waals surface area contributed by atoms with Gasteiger partial charge in [-0.15, -0.1) is 0 Å². The van der Waals surface area contributed by atoms with Gasteiger partial charge < -0.3 is 30.1 Å². The number of hydrogen-bond donors (Lipinski definition) is 4. The number of aryl methyl sites for hydroxylation is 2. The van der Waals surface area contributed by atoms with Gasteiger partial charge in [0.1, 0.15) is 5.52 Å². The Hall–Kier alpha value is -4.24. The van der Waals surface area contributed by atoms with Gasteiger partial charge in [0.25, 0.3) is 5.91 Å². The van der Waals surface area contributed by atoms with Crippen LogP contribution in [0.25, 0.3) is 16.6 Å². The molecular weight excluding hydrogens is 545 g/mol. The molecule has 0 spiro atoms. The molecule has 41 heavy (non-hydrogen) atoms. The normalized spacial score (nSPS) is 14.3. The van der Waals surface area contributed by atoms with Crippen LogP contribution in [0.2, 0.25) is 0 Å². The Kier molecular flexibility index (Phi) is 8.77. The summed E-state index contributed by atoms with van der Waals surface area (Å²) in [6.07, 6.45) is 2.51. The molecule has 12 nitrogen and oxygen atoms in total. The summed E-state index contributed by atoms with van der Waals surface area (Å²) in [5.41, 5.74) is 4.15. The van der Waals surface area contributed by atoms with E-state index in [1.807, 2.05) is 32.3 Å². The van der Waals surface area contributed by atoms with Gasteiger partial charge >= 0.3 is 12.1 Å². The van der Waals surface area contributed by atoms with Crippen molar-refractivity contribution in [1.82, 2.24) is 29.5 Å². The number of fused-ring (bicyclic) bond motifs is 2. The van der Waals surface area contributed by atoms with Crippen molar-refractivity contribution in [2.24, 2.45) is 7.05 Å². The van der Waals surface area contributed by atoms with E-state index in [0.29, 0.717) is 40.0 Å². The third-order valence-electron chi connectivity index (χ3n) is 6.64. The van der Waals surface area contributed by atoms with Crippen LogP contribution in [0.15, 0.2) is 30.7 Å². The number of aliphatic hydroxyl groups excluding tert-OH is 1. The van der Waals surface area contributed by atoms with E-state index in [4.69, 9.17) is 9.90 Å². The van der Waals surface area contributed by atoms with Gasteiger partial charge in [-0.3, -0.25) is 14.5 Å². The molecule has 1 aromatic carbocycles. The fourth-order valence-electron chi connectivity index (χ4n) is 4.81. The second-order valence-corrected chi connectivity index (χ2v) is 9.61. The topological polar surface area (TPSA) is 150 Å². The zero-order valence-corrected chi connectivity index (χ0v) is 22.7. The van der Waals surface area contributed by atoms with Crippen LogP contribution in [0.5, 0.6) is 0 Å². The number of hydrogen-bond acceptors (Lipinski definition) is 8. The summed E-state index contributed by atoms with van der Waals surface area (Å²) in [6, 6.07) is 4.44. The summed E-state index contributed by atoms with van der Waals surface area (Å²) >= 11 is 0. The summed E-state index contributed by atoms with van der Waals surface area (Å²) in [6.45, 7) is 6.74. The lowest BCUT2D eigenvalue weighted by Crippen LogP contribution is -2.42. The minimum atomic E-state index is -5.08. The van der Waals surface area contributed by atoms with E-state index in [1.54, 1.807) is 21.5 Å². The van der Waals surface area contributed by atoms with Crippen molar-refractivity contribution in [2.75, 3.05) is 29.9 Å². The standard InChI is InChI=1S/C24H30N8O2.C2HF3O2/c1-4-25-16-7-9-31(10-8-16)20-6-5-18(22-19(20)12-30(3)29-22)24(34)28-21-13-32-11-17(14-33)26-15(2)23(32)27-21;3-2(4,5)1(6)7/h5-6,11-13,16,25,33H,4,7-10,14H2,1-3H3,(H,28,34);(H,6,7). The molecule has 0 unspecified atom stereocenters. The zero-order chi connectivity index (χ0) is 29.9. The molecule has 1 amide bonds. The molecule has 4 N–H and O–H groups in total. The highest BCUT2D eigenvalue weighted by atomic mass is 19.4. The Labute approximate surface area is 232 Å². The molecule has 220 valence electrons. The van der Waals surface area contributed by atoms with Crippen molar-refractivity contribution in [1.29, 1.82) is 0 Å². The lowest BCUT2D eigenvalue weighted by molar-refractivity contribution is -0.192. The molecule has 0 radical (unpaired) electrons. The van der Waals surface area contributed by atoms with E-state index < -0.39 is 12.1 Å². The van der Waals surface area contributed by atoms with E-state index in [-0.39, 0.29) is 12.5 Å². The SMILES string of the molecule is CCNC1CCN(c2ccc(C(=O)Nc3cn4cc(CO)nc(C)c4n3)c3nn(C)cc23)CC1.O=C(O)C(F)(F)F. The molecule has 4 aromatic rings. The van der Waals surface area contributed by atoms with Crippen LogP contribution < -0.4 is 15.5 Å². The van der Waals surface area contributed by atoms with Crippen LogP contribution in [-0.2, 0) is 18.4 Å². The Morgan fingerprint density at radius 2 is 1.80 bits per heavy atom. The molecule has 1 fully saturated rings. The van der Waals surface area contributed by atoms with Crippen LogP contribution in [-0.4, -0.2) is 78.1 Å². The summed E-state index contributed by atoms with van der Waals surface area (Å²) in [5.74, 6) is -2.60. The summed E-state index contributed by atoms with van der Waals surface area (Å²) in [5, 5.41) is 28.5. The highest BCUT2D eigenvalue weighted by molar-refractivity contribution is 6.13. The molecular formula is C26H31F3N8O4. The molecule has 4 heterocycles. The number of nitrogens with zero attached hydrogens (tertiary/aromatic N) is 6. The van der Waals surface area contributed by atoms with E-state index in [0.717, 1.165) is 43.5 Å². The average molecular weight is 577 g/mol. The quantitative estimate of drug-likeness (QED) is 0.272. The fourth-order valence-corrected chi connectivity index (χ4v) is 4.81. The Balaban J connectivity index is 0.000000493. The number of carbonyl (C=O) groups excluding carboxylic acids is 1. The Morgan fingerprint density at radius 3 is 2.41 bits per heavy atom. The molecule has 0 atom stereocenters. The number of aliphatic carboxylic acids is 1. The van der Waals surface area contributed by atoms with E-state index in [9.17, 15) is 23.1 Å². The van der Waals surface area contributed by atoms with Crippen LogP contribution in [0.3, 0.4) is 0 Å². The molecule has 1 saturated heterocycles. The van der Waals surface area contributed by atoms with Gasteiger partial charge in [0.15, 0.2) is 11.5 Å². The highest BCUT2D eigenvalue weighted by Crippen LogP contribution is 2.31. The summed E-state index contributed by atoms with van der Waals surface area (Å²) in [7, 11) is 1.87. The molecule has 1 aliphatic rings. The van der Waals surface area contributed by atoms with Gasteiger partial charge in [-0.05, 0) is 38.4 Å². The zero-order valence-electron chi connectivity index (χ0n) is 22.7. The van der Waals surface area contributed by atoms with E-state index >= 15 is 0 Å². The van der Waals surface area contributed by atoms with Gasteiger partial charge in [0.05, 0.1) is 29.8 Å². The van der Waals surface area contributed by atoms with Crippen molar-refractivity contribution in [3.63, 3.8) is 0 Å². The number of piperidine rings is 1. The maximum absolute atomic E-state index is 13.2. The first-order valence-electron chi connectivity index (χ1n) is 12.9. The van der Waals surface area contributed by atoms with Crippen molar-refractivity contribution in [3.05, 3.63) is 47.7 Å². The van der Waals surface area contributed by atoms with Crippen LogP contribution in [0.4, 0.5) is 24.7 Å². The smallest absolute Gasteiger partial charge is 0.475 e. The van der Waals surface area contributed by atoms with Crippen molar-refractivity contribution in [3.8, 4) is 0 Å². The number of carbonyl (C=O) groups is 2. The second kappa shape index (κ2) is 12.1. The molecule has 5 rings (SSSR count). The number of carboxylic acids is 1. The minimum absolute atomic E-state index is 0.159. The monoisotopic (exact) mass is 576 g/mol. The molecule has 0 bridgehead atoms. The van der Waals surface area contributed by atoms with Gasteiger partial charge in [0, 0.05) is 49.6 Å². The molecule has 3 aromatic heterocycles. The largest absolute Gasteiger partial charge is 0.490 e. The van der Waals surface area contributed by atoms with Gasteiger partial charge in [-0.1, -0.05) is 6.92 Å². The Morgan fingerprint density at radius 1 is 1.12 bits per heavy atom. The fraction of sp³-hybridized carbons (Fsp3) is 0.423. The van der Waals surface area contributed by atoms with Gasteiger partial charge in [0.2, 0.25) is 0 Å². The first kappa shape index (κ1) is 29.7. The van der Waals surface area contributed by atoms with Crippen molar-refractivity contribution in [2.45, 2.75) is 45.5 Å². The summed E-state index contributed by atoms with van der Waals surface area (Å²) in [4.78, 5) is 33.3. The Bertz CT molecular complexity index is 1560. The first-order chi connectivity index (χ1) is 19.4. The predicted octanol–water partition coefficient (Wildman–Crippen LogP) is 2.88. The van der Waals surface area contributed by atoms with E-state index in [2.05, 4.69) is 37.5 Å². The third kappa shape index (κ3) is 6.74. The second-order valence-electron chi connectivity index (χ2n) is 9.61. The number of benzene rings is 1. The maximum Gasteiger partial charge on any atom is 0.490 e. The molecule has 0 aliphatic carbocycles. The lowest BCUT2D eigenvalue weighted by Gasteiger charge is -2.34. The number of anilines is 2. The molecule has 1 aliphatic heterocycles. The van der Waals surface area contributed by atoms with E-state index in [1.165, 1.54) is 0 Å². The number of amides is 1. The number of carboxylic acid groups (broad SMARTS) is 1. The van der Waals surface area contributed by atoms with Gasteiger partial charge in [-0.25, -0.2) is 9.78 Å². The maximum atomic E-state index is 13.2.